The Morgan fingerprint density at radius 2 is 1.97 bits per heavy atom. The molecule has 3 aromatic heterocycles. The van der Waals surface area contributed by atoms with Gasteiger partial charge in [-0.05, 0) is 30.3 Å². The fourth-order valence-corrected chi connectivity index (χ4v) is 2.96. The van der Waals surface area contributed by atoms with Gasteiger partial charge in [-0.2, -0.15) is 0 Å². The van der Waals surface area contributed by atoms with Crippen LogP contribution < -0.4 is 10.8 Å². The summed E-state index contributed by atoms with van der Waals surface area (Å²) in [7, 11) is 0. The summed E-state index contributed by atoms with van der Waals surface area (Å²) in [6.45, 7) is 0.912. The molecule has 0 radical (unpaired) electrons. The van der Waals surface area contributed by atoms with E-state index in [9.17, 15) is 9.60 Å². The van der Waals surface area contributed by atoms with Crippen LogP contribution in [0.2, 0.25) is 5.02 Å². The van der Waals surface area contributed by atoms with Gasteiger partial charge in [-0.3, -0.25) is 10.7 Å². The molecule has 0 saturated carbocycles. The number of benzene rings is 1. The van der Waals surface area contributed by atoms with E-state index in [1.54, 1.807) is 30.7 Å². The van der Waals surface area contributed by atoms with Gasteiger partial charge < -0.3 is 10.3 Å². The fourth-order valence-electron chi connectivity index (χ4n) is 2.78. The first-order chi connectivity index (χ1) is 14.6. The monoisotopic (exact) mass is 426 g/mol. The molecule has 0 atom stereocenters. The lowest BCUT2D eigenvalue weighted by Crippen LogP contribution is -2.20. The van der Waals surface area contributed by atoms with E-state index in [2.05, 4.69) is 40.7 Å². The zero-order chi connectivity index (χ0) is 20.9. The summed E-state index contributed by atoms with van der Waals surface area (Å²) in [5, 5.41) is 12.8. The van der Waals surface area contributed by atoms with E-state index >= 15 is 0 Å². The van der Waals surface area contributed by atoms with Crippen molar-refractivity contribution >= 4 is 34.3 Å². The summed E-state index contributed by atoms with van der Waals surface area (Å²) in [6, 6.07) is 7.44. The molecular weight excluding hydrogens is 411 g/mol. The molecule has 152 valence electrons. The Balaban J connectivity index is 1.59. The van der Waals surface area contributed by atoms with Crippen molar-refractivity contribution in [2.75, 3.05) is 0 Å². The second-order valence-electron chi connectivity index (χ2n) is 6.18. The molecule has 0 fully saturated rings. The number of nitrogens with zero attached hydrogens (tertiary/aromatic N) is 5. The minimum Gasteiger partial charge on any atom is -0.339 e. The van der Waals surface area contributed by atoms with Gasteiger partial charge in [0.2, 0.25) is 0 Å². The highest BCUT2D eigenvalue weighted by Gasteiger charge is 2.13. The number of imidazole rings is 1. The van der Waals surface area contributed by atoms with E-state index in [4.69, 9.17) is 11.6 Å². The zero-order valence-corrected chi connectivity index (χ0v) is 16.2. The summed E-state index contributed by atoms with van der Waals surface area (Å²) in [5.74, 6) is 0.894. The smallest absolute Gasteiger partial charge is 0.178 e. The number of halogens is 2. The molecule has 0 aliphatic heterocycles. The Morgan fingerprint density at radius 1 is 1.13 bits per heavy atom. The van der Waals surface area contributed by atoms with Gasteiger partial charge in [-0.1, -0.05) is 11.6 Å². The van der Waals surface area contributed by atoms with Crippen LogP contribution in [0, 0.1) is 5.82 Å². The van der Waals surface area contributed by atoms with Crippen LogP contribution in [-0.4, -0.2) is 36.0 Å². The average Bonchev–Trinajstić information content (AvgIpc) is 3.18. The first-order valence-electron chi connectivity index (χ1n) is 8.88. The molecule has 0 spiro atoms. The van der Waals surface area contributed by atoms with Gasteiger partial charge in [0.05, 0.1) is 29.3 Å². The Morgan fingerprint density at radius 3 is 2.73 bits per heavy atom. The third-order valence-electron chi connectivity index (χ3n) is 4.14. The van der Waals surface area contributed by atoms with Gasteiger partial charge in [0, 0.05) is 24.2 Å². The highest BCUT2D eigenvalue weighted by Crippen LogP contribution is 2.23. The third kappa shape index (κ3) is 4.40. The quantitative estimate of drug-likeness (QED) is 0.212. The van der Waals surface area contributed by atoms with Crippen molar-refractivity contribution in [3.05, 3.63) is 77.0 Å². The molecule has 0 aliphatic rings. The molecule has 30 heavy (non-hydrogen) atoms. The van der Waals surface area contributed by atoms with E-state index in [0.29, 0.717) is 47.2 Å². The van der Waals surface area contributed by atoms with E-state index in [1.807, 2.05) is 0 Å². The number of nitrogens with one attached hydrogen (secondary N) is 3. The number of aliphatic imine (C=N–C) groups is 1. The van der Waals surface area contributed by atoms with Crippen molar-refractivity contribution in [2.24, 2.45) is 4.99 Å². The number of H-pyrrole nitrogens is 1. The minimum atomic E-state index is -0.549. The normalized spacial score (nSPS) is 11.8. The van der Waals surface area contributed by atoms with Crippen LogP contribution in [0.1, 0.15) is 17.2 Å². The molecule has 0 bridgehead atoms. The highest BCUT2D eigenvalue weighted by molar-refractivity contribution is 6.31. The molecule has 11 heteroatoms. The molecule has 0 unspecified atom stereocenters. The third-order valence-corrected chi connectivity index (χ3v) is 4.43. The molecule has 0 saturated heterocycles. The van der Waals surface area contributed by atoms with Crippen LogP contribution in [0.15, 0.2) is 53.9 Å². The van der Waals surface area contributed by atoms with Crippen molar-refractivity contribution in [3.63, 3.8) is 0 Å². The Hall–Kier alpha value is -3.47. The summed E-state index contributed by atoms with van der Waals surface area (Å²) in [4.78, 5) is 24.5. The predicted molar refractivity (Wildman–Crippen MR) is 109 cm³/mol. The summed E-state index contributed by atoms with van der Waals surface area (Å²) in [6.07, 6.45) is 4.91. The van der Waals surface area contributed by atoms with Crippen LogP contribution in [0.4, 0.5) is 10.1 Å². The number of hydrogen-bond donors (Lipinski definition) is 4. The molecule has 4 N–H and O–H groups in total. The van der Waals surface area contributed by atoms with Gasteiger partial charge in [0.15, 0.2) is 11.5 Å². The maximum atomic E-state index is 13.4. The molecule has 9 nitrogen and oxygen atoms in total. The number of amidine groups is 1. The Bertz CT molecular complexity index is 1200. The SMILES string of the molecule is ONC(=Nc1ccc(F)c(Cl)c1)c1ccnc2nc(CNCc3ncccn3)[nH]c12. The van der Waals surface area contributed by atoms with E-state index in [1.165, 1.54) is 18.2 Å². The Labute approximate surface area is 175 Å². The van der Waals surface area contributed by atoms with Gasteiger partial charge in [0.25, 0.3) is 0 Å². The van der Waals surface area contributed by atoms with Crippen molar-refractivity contribution in [1.29, 1.82) is 0 Å². The second-order valence-corrected chi connectivity index (χ2v) is 6.59. The Kier molecular flexibility index (Phi) is 5.89. The minimum absolute atomic E-state index is 0.0642. The number of hydrogen-bond acceptors (Lipinski definition) is 7. The first kappa shape index (κ1) is 19.8. The predicted octanol–water partition coefficient (Wildman–Crippen LogP) is 2.89. The number of fused-ring (bicyclic) bond motifs is 1. The number of rotatable bonds is 6. The van der Waals surface area contributed by atoms with E-state index < -0.39 is 5.82 Å². The maximum absolute atomic E-state index is 13.4. The fraction of sp³-hybridized carbons (Fsp3) is 0.105. The first-order valence-corrected chi connectivity index (χ1v) is 9.26. The summed E-state index contributed by atoms with van der Waals surface area (Å²) < 4.78 is 13.4. The molecule has 0 amide bonds. The van der Waals surface area contributed by atoms with Crippen LogP contribution in [0.25, 0.3) is 11.2 Å². The van der Waals surface area contributed by atoms with Gasteiger partial charge in [-0.25, -0.2) is 29.3 Å². The zero-order valence-electron chi connectivity index (χ0n) is 15.5. The van der Waals surface area contributed by atoms with Crippen molar-refractivity contribution in [1.82, 2.24) is 35.7 Å². The van der Waals surface area contributed by atoms with Crippen molar-refractivity contribution in [2.45, 2.75) is 13.1 Å². The molecule has 3 heterocycles. The number of pyridine rings is 1. The largest absolute Gasteiger partial charge is 0.339 e. The molecule has 4 rings (SSSR count). The van der Waals surface area contributed by atoms with Gasteiger partial charge in [0.1, 0.15) is 17.5 Å². The second kappa shape index (κ2) is 8.91. The summed E-state index contributed by atoms with van der Waals surface area (Å²) in [5.41, 5.74) is 4.02. The van der Waals surface area contributed by atoms with Gasteiger partial charge >= 0.3 is 0 Å². The lowest BCUT2D eigenvalue weighted by Gasteiger charge is -2.06. The molecular formula is C19H16ClFN8O. The lowest BCUT2D eigenvalue weighted by atomic mass is 10.2. The summed E-state index contributed by atoms with van der Waals surface area (Å²) >= 11 is 5.81. The van der Waals surface area contributed by atoms with Crippen LogP contribution in [0.5, 0.6) is 0 Å². The average molecular weight is 427 g/mol. The van der Waals surface area contributed by atoms with Crippen molar-refractivity contribution < 1.29 is 9.60 Å². The molecule has 1 aromatic carbocycles. The number of hydroxylamine groups is 1. The lowest BCUT2D eigenvalue weighted by molar-refractivity contribution is 0.235. The van der Waals surface area contributed by atoms with E-state index in [-0.39, 0.29) is 10.9 Å². The number of aromatic nitrogens is 5. The van der Waals surface area contributed by atoms with E-state index in [0.717, 1.165) is 0 Å². The maximum Gasteiger partial charge on any atom is 0.178 e. The van der Waals surface area contributed by atoms with Crippen LogP contribution >= 0.6 is 11.6 Å². The van der Waals surface area contributed by atoms with Crippen molar-refractivity contribution in [3.8, 4) is 0 Å². The topological polar surface area (TPSA) is 124 Å². The molecule has 4 aromatic rings. The number of aromatic amines is 1. The standard InChI is InChI=1S/C19H16ClFN8O/c20-13-8-11(2-3-14(13)21)26-18(29-30)12-4-7-25-19-17(12)27-16(28-19)10-22-9-15-23-5-1-6-24-15/h1-8,22,30H,9-10H2,(H,26,29)(H,25,27,28). The van der Waals surface area contributed by atoms with Crippen LogP contribution in [-0.2, 0) is 13.1 Å². The molecule has 0 aliphatic carbocycles. The van der Waals surface area contributed by atoms with Gasteiger partial charge in [-0.15, -0.1) is 0 Å². The highest BCUT2D eigenvalue weighted by atomic mass is 35.5. The van der Waals surface area contributed by atoms with Crippen LogP contribution in [0.3, 0.4) is 0 Å².